The lowest BCUT2D eigenvalue weighted by Gasteiger charge is -2.28. The highest BCUT2D eigenvalue weighted by Gasteiger charge is 2.22. The smallest absolute Gasteiger partial charge is 0.159 e. The van der Waals surface area contributed by atoms with Crippen molar-refractivity contribution in [3.8, 4) is 0 Å². The number of nitrogens with zero attached hydrogens (tertiary/aromatic N) is 3. The fourth-order valence-electron chi connectivity index (χ4n) is 2.02. The largest absolute Gasteiger partial charge is 0.312 e. The molecule has 104 valence electrons. The monoisotopic (exact) mass is 279 g/mol. The first-order valence-corrected chi connectivity index (χ1v) is 7.33. The summed E-state index contributed by atoms with van der Waals surface area (Å²) in [5.41, 5.74) is 2.20. The lowest BCUT2D eigenvalue weighted by molar-refractivity contribution is 0.233. The Morgan fingerprint density at radius 2 is 2.11 bits per heavy atom. The Morgan fingerprint density at radius 3 is 2.74 bits per heavy atom. The molecule has 2 aromatic heterocycles. The van der Waals surface area contributed by atoms with Crippen molar-refractivity contribution in [2.75, 3.05) is 5.88 Å². The average Bonchev–Trinajstić information content (AvgIpc) is 2.67. The van der Waals surface area contributed by atoms with Crippen molar-refractivity contribution in [3.63, 3.8) is 0 Å². The van der Waals surface area contributed by atoms with E-state index in [1.165, 1.54) is 0 Å². The Morgan fingerprint density at radius 1 is 1.37 bits per heavy atom. The maximum absolute atomic E-state index is 5.89. The highest BCUT2D eigenvalue weighted by Crippen LogP contribution is 2.28. The summed E-state index contributed by atoms with van der Waals surface area (Å²) in [6, 6.07) is 3.94. The number of halogens is 1. The molecule has 4 heteroatoms. The van der Waals surface area contributed by atoms with Crippen LogP contribution in [0.3, 0.4) is 0 Å². The molecule has 0 radical (unpaired) electrons. The van der Waals surface area contributed by atoms with Gasteiger partial charge in [0.25, 0.3) is 0 Å². The summed E-state index contributed by atoms with van der Waals surface area (Å²) in [7, 11) is 0. The topological polar surface area (TPSA) is 30.7 Å². The molecule has 2 aromatic rings. The predicted octanol–water partition coefficient (Wildman–Crippen LogP) is 3.89. The Hall–Kier alpha value is -1.09. The van der Waals surface area contributed by atoms with Crippen LogP contribution in [0.4, 0.5) is 0 Å². The van der Waals surface area contributed by atoms with Gasteiger partial charge in [-0.2, -0.15) is 0 Å². The maximum atomic E-state index is 5.89. The van der Waals surface area contributed by atoms with Crippen LogP contribution in [0.5, 0.6) is 0 Å². The van der Waals surface area contributed by atoms with E-state index in [0.29, 0.717) is 11.8 Å². The van der Waals surface area contributed by atoms with Gasteiger partial charge in [-0.05, 0) is 23.5 Å². The van der Waals surface area contributed by atoms with Crippen LogP contribution >= 0.6 is 11.6 Å². The lowest BCUT2D eigenvalue weighted by Crippen LogP contribution is -2.23. The molecule has 0 aliphatic carbocycles. The number of alkyl halides is 1. The molecule has 1 unspecified atom stereocenters. The SMILES string of the molecule is CC(Cn1c(CCCl)nc2cccnc21)C(C)(C)C. The molecule has 0 aliphatic heterocycles. The molecule has 3 nitrogen and oxygen atoms in total. The van der Waals surface area contributed by atoms with Gasteiger partial charge in [-0.25, -0.2) is 9.97 Å². The van der Waals surface area contributed by atoms with Crippen LogP contribution in [0.1, 0.15) is 33.5 Å². The Bertz CT molecular complexity index is 554. The summed E-state index contributed by atoms with van der Waals surface area (Å²) in [6.45, 7) is 10.0. The molecule has 2 rings (SSSR count). The van der Waals surface area contributed by atoms with Gasteiger partial charge in [-0.15, -0.1) is 11.6 Å². The van der Waals surface area contributed by atoms with Crippen LogP contribution in [0.2, 0.25) is 0 Å². The molecular formula is C15H22ClN3. The minimum atomic E-state index is 0.267. The van der Waals surface area contributed by atoms with Crippen LogP contribution in [-0.4, -0.2) is 20.4 Å². The second kappa shape index (κ2) is 5.49. The van der Waals surface area contributed by atoms with E-state index in [1.807, 2.05) is 18.3 Å². The van der Waals surface area contributed by atoms with Crippen molar-refractivity contribution in [2.24, 2.45) is 11.3 Å². The van der Waals surface area contributed by atoms with Crippen LogP contribution in [0.15, 0.2) is 18.3 Å². The number of pyridine rings is 1. The first-order valence-electron chi connectivity index (χ1n) is 6.79. The number of imidazole rings is 1. The van der Waals surface area contributed by atoms with Gasteiger partial charge in [-0.3, -0.25) is 0 Å². The van der Waals surface area contributed by atoms with Gasteiger partial charge in [-0.1, -0.05) is 27.7 Å². The zero-order valence-corrected chi connectivity index (χ0v) is 12.9. The van der Waals surface area contributed by atoms with E-state index in [0.717, 1.165) is 30.0 Å². The van der Waals surface area contributed by atoms with E-state index in [2.05, 4.69) is 42.2 Å². The molecule has 0 aromatic carbocycles. The van der Waals surface area contributed by atoms with Gasteiger partial charge in [0.15, 0.2) is 5.65 Å². The van der Waals surface area contributed by atoms with Gasteiger partial charge >= 0.3 is 0 Å². The second-order valence-corrected chi connectivity index (χ2v) is 6.57. The van der Waals surface area contributed by atoms with Gasteiger partial charge in [0.1, 0.15) is 11.3 Å². The van der Waals surface area contributed by atoms with Crippen LogP contribution in [0.25, 0.3) is 11.2 Å². The summed E-state index contributed by atoms with van der Waals surface area (Å²) in [6.07, 6.45) is 2.61. The molecule has 1 atom stereocenters. The third-order valence-electron chi connectivity index (χ3n) is 3.84. The zero-order valence-electron chi connectivity index (χ0n) is 12.2. The van der Waals surface area contributed by atoms with Gasteiger partial charge in [0, 0.05) is 25.0 Å². The molecule has 0 N–H and O–H groups in total. The fourth-order valence-corrected chi connectivity index (χ4v) is 2.19. The highest BCUT2D eigenvalue weighted by molar-refractivity contribution is 6.17. The number of hydrogen-bond acceptors (Lipinski definition) is 2. The molecule has 0 aliphatic rings. The fraction of sp³-hybridized carbons (Fsp3) is 0.600. The Balaban J connectivity index is 2.41. The summed E-state index contributed by atoms with van der Waals surface area (Å²) in [4.78, 5) is 9.13. The number of aromatic nitrogens is 3. The van der Waals surface area contributed by atoms with Crippen molar-refractivity contribution < 1.29 is 0 Å². The molecule has 0 saturated carbocycles. The van der Waals surface area contributed by atoms with Crippen molar-refractivity contribution in [1.29, 1.82) is 0 Å². The van der Waals surface area contributed by atoms with Crippen molar-refractivity contribution >= 4 is 22.8 Å². The average molecular weight is 280 g/mol. The summed E-state index contributed by atoms with van der Waals surface area (Å²) >= 11 is 5.89. The third kappa shape index (κ3) is 3.08. The van der Waals surface area contributed by atoms with Crippen molar-refractivity contribution in [2.45, 2.75) is 40.7 Å². The molecule has 0 saturated heterocycles. The van der Waals surface area contributed by atoms with Crippen molar-refractivity contribution in [3.05, 3.63) is 24.2 Å². The third-order valence-corrected chi connectivity index (χ3v) is 4.02. The number of rotatable bonds is 4. The number of hydrogen-bond donors (Lipinski definition) is 0. The molecule has 19 heavy (non-hydrogen) atoms. The predicted molar refractivity (Wildman–Crippen MR) is 80.6 cm³/mol. The van der Waals surface area contributed by atoms with Gasteiger partial charge in [0.05, 0.1) is 0 Å². The summed E-state index contributed by atoms with van der Waals surface area (Å²) < 4.78 is 2.23. The van der Waals surface area contributed by atoms with E-state index in [9.17, 15) is 0 Å². The van der Waals surface area contributed by atoms with Gasteiger partial charge < -0.3 is 4.57 Å². The highest BCUT2D eigenvalue weighted by atomic mass is 35.5. The molecule has 0 bridgehead atoms. The summed E-state index contributed by atoms with van der Waals surface area (Å²) in [5.74, 6) is 2.17. The first-order chi connectivity index (χ1) is 8.93. The quantitative estimate of drug-likeness (QED) is 0.795. The maximum Gasteiger partial charge on any atom is 0.159 e. The standard InChI is InChI=1S/C15H22ClN3/c1-11(15(2,3)4)10-19-13(7-8-16)18-12-6-5-9-17-14(12)19/h5-6,9,11H,7-8,10H2,1-4H3. The van der Waals surface area contributed by atoms with E-state index in [-0.39, 0.29) is 5.41 Å². The van der Waals surface area contributed by atoms with E-state index in [1.54, 1.807) is 0 Å². The summed E-state index contributed by atoms with van der Waals surface area (Å²) in [5, 5.41) is 0. The minimum Gasteiger partial charge on any atom is -0.312 e. The van der Waals surface area contributed by atoms with Gasteiger partial charge in [0.2, 0.25) is 0 Å². The number of fused-ring (bicyclic) bond motifs is 1. The molecule has 0 amide bonds. The Kier molecular flexibility index (Phi) is 4.14. The van der Waals surface area contributed by atoms with Crippen LogP contribution in [0, 0.1) is 11.3 Å². The minimum absolute atomic E-state index is 0.267. The lowest BCUT2D eigenvalue weighted by atomic mass is 9.82. The molecular weight excluding hydrogens is 258 g/mol. The van der Waals surface area contributed by atoms with Crippen LogP contribution < -0.4 is 0 Å². The normalized spacial score (nSPS) is 13.9. The molecule has 0 spiro atoms. The van der Waals surface area contributed by atoms with Crippen LogP contribution in [-0.2, 0) is 13.0 Å². The molecule has 0 fully saturated rings. The van der Waals surface area contributed by atoms with E-state index >= 15 is 0 Å². The number of aryl methyl sites for hydroxylation is 1. The van der Waals surface area contributed by atoms with E-state index < -0.39 is 0 Å². The zero-order chi connectivity index (χ0) is 14.0. The second-order valence-electron chi connectivity index (χ2n) is 6.19. The molecule has 2 heterocycles. The van der Waals surface area contributed by atoms with E-state index in [4.69, 9.17) is 11.6 Å². The Labute approximate surface area is 120 Å². The first kappa shape index (κ1) is 14.3. The van der Waals surface area contributed by atoms with Crippen molar-refractivity contribution in [1.82, 2.24) is 14.5 Å².